The Balaban J connectivity index is 1.53. The van der Waals surface area contributed by atoms with Crippen molar-refractivity contribution in [3.63, 3.8) is 0 Å². The van der Waals surface area contributed by atoms with Gasteiger partial charge >= 0.3 is 0 Å². The molecule has 1 aliphatic heterocycles. The summed E-state index contributed by atoms with van der Waals surface area (Å²) in [6.45, 7) is 1.96. The first-order chi connectivity index (χ1) is 12.9. The van der Waals surface area contributed by atoms with Crippen LogP contribution in [0.2, 0.25) is 0 Å². The molecule has 4 rings (SSSR count). The van der Waals surface area contributed by atoms with E-state index in [1.165, 1.54) is 40.7 Å². The van der Waals surface area contributed by atoms with Crippen LogP contribution < -0.4 is 5.14 Å². The van der Waals surface area contributed by atoms with Crippen LogP contribution in [-0.2, 0) is 46.8 Å². The number of hydrogen-bond donors (Lipinski definition) is 1. The highest BCUT2D eigenvalue weighted by atomic mass is 32.2. The lowest BCUT2D eigenvalue weighted by Crippen LogP contribution is -2.37. The van der Waals surface area contributed by atoms with E-state index in [0.29, 0.717) is 5.75 Å². The molecule has 2 atom stereocenters. The van der Waals surface area contributed by atoms with Crippen LogP contribution >= 0.6 is 0 Å². The Labute approximate surface area is 163 Å². The van der Waals surface area contributed by atoms with Crippen molar-refractivity contribution in [3.05, 3.63) is 33.9 Å². The maximum atomic E-state index is 12.8. The highest BCUT2D eigenvalue weighted by Crippen LogP contribution is 2.35. The first-order valence-electron chi connectivity index (χ1n) is 10.3. The fraction of sp³-hybridized carbons (Fsp3) is 0.667. The minimum absolute atomic E-state index is 0.267. The van der Waals surface area contributed by atoms with E-state index in [9.17, 15) is 9.00 Å². The molecule has 1 amide bonds. The molecule has 0 spiro atoms. The highest BCUT2D eigenvalue weighted by molar-refractivity contribution is 7.91. The van der Waals surface area contributed by atoms with Crippen molar-refractivity contribution in [3.8, 4) is 0 Å². The Morgan fingerprint density at radius 1 is 1.19 bits per heavy atom. The summed E-state index contributed by atoms with van der Waals surface area (Å²) in [5.41, 5.74) is 6.72. The van der Waals surface area contributed by atoms with Crippen molar-refractivity contribution >= 4 is 15.8 Å². The van der Waals surface area contributed by atoms with Crippen molar-refractivity contribution in [1.82, 2.24) is 4.90 Å². The minimum atomic E-state index is -2.95. The molecule has 148 valence electrons. The van der Waals surface area contributed by atoms with Crippen molar-refractivity contribution in [2.24, 2.45) is 15.4 Å². The van der Waals surface area contributed by atoms with Crippen LogP contribution in [0.15, 0.2) is 10.4 Å². The molecule has 1 saturated heterocycles. The third-order valence-electron chi connectivity index (χ3n) is 6.38. The molecular weight excluding hydrogens is 358 g/mol. The maximum absolute atomic E-state index is 12.8. The van der Waals surface area contributed by atoms with Crippen LogP contribution in [-0.4, -0.2) is 40.9 Å². The molecule has 3 aliphatic rings. The average molecular weight is 390 g/mol. The lowest BCUT2D eigenvalue weighted by molar-refractivity contribution is -0.117. The number of amides is 1. The Morgan fingerprint density at radius 3 is 2.48 bits per heavy atom. The van der Waals surface area contributed by atoms with Crippen molar-refractivity contribution in [1.29, 1.82) is 0 Å². The number of piperidine rings is 1. The summed E-state index contributed by atoms with van der Waals surface area (Å²) in [6, 6.07) is 2.36. The summed E-state index contributed by atoms with van der Waals surface area (Å²) in [7, 11) is -0.881. The quantitative estimate of drug-likeness (QED) is 0.859. The molecule has 1 fully saturated rings. The van der Waals surface area contributed by atoms with E-state index in [1.807, 2.05) is 0 Å². The molecule has 0 bridgehead atoms. The third-order valence-corrected chi connectivity index (χ3v) is 7.84. The van der Waals surface area contributed by atoms with Gasteiger partial charge in [-0.1, -0.05) is 6.07 Å². The summed E-state index contributed by atoms with van der Waals surface area (Å²) in [6.07, 6.45) is 9.04. The van der Waals surface area contributed by atoms with Gasteiger partial charge in [-0.25, -0.2) is 9.35 Å². The summed E-state index contributed by atoms with van der Waals surface area (Å²) in [5, 5.41) is 5.99. The second-order valence-corrected chi connectivity index (χ2v) is 10.5. The number of benzene rings is 1. The normalized spacial score (nSPS) is 24.3. The van der Waals surface area contributed by atoms with Gasteiger partial charge in [0.2, 0.25) is 0 Å². The van der Waals surface area contributed by atoms with Gasteiger partial charge in [0.1, 0.15) is 9.92 Å². The first kappa shape index (κ1) is 19.1. The zero-order chi connectivity index (χ0) is 19.0. The Morgan fingerprint density at radius 2 is 1.85 bits per heavy atom. The lowest BCUT2D eigenvalue weighted by atomic mass is 9.92. The summed E-state index contributed by atoms with van der Waals surface area (Å²) in [5.74, 6) is 0.290. The molecule has 0 aromatic heterocycles. The van der Waals surface area contributed by atoms with E-state index in [-0.39, 0.29) is 18.2 Å². The van der Waals surface area contributed by atoms with Gasteiger partial charge in [-0.15, -0.1) is 4.36 Å². The molecule has 1 aromatic rings. The Kier molecular flexibility index (Phi) is 5.41. The Hall–Kier alpha value is -1.24. The molecule has 27 heavy (non-hydrogen) atoms. The third kappa shape index (κ3) is 4.28. The van der Waals surface area contributed by atoms with E-state index >= 15 is 0 Å². The fourth-order valence-corrected chi connectivity index (χ4v) is 6.72. The van der Waals surface area contributed by atoms with Gasteiger partial charge < -0.3 is 4.90 Å². The van der Waals surface area contributed by atoms with Gasteiger partial charge in [-0.05, 0) is 98.7 Å². The zero-order valence-electron chi connectivity index (χ0n) is 16.3. The Bertz CT molecular complexity index is 838. The van der Waals surface area contributed by atoms with Crippen LogP contribution in [0.5, 0.6) is 0 Å². The number of nitrogens with zero attached hydrogens (tertiary/aromatic N) is 2. The number of hydrogen-bond acceptors (Lipinski definition) is 3. The van der Waals surface area contributed by atoms with Crippen LogP contribution in [0.1, 0.15) is 53.5 Å². The second-order valence-electron chi connectivity index (χ2n) is 8.63. The van der Waals surface area contributed by atoms with Gasteiger partial charge in [0.15, 0.2) is 0 Å². The van der Waals surface area contributed by atoms with Crippen molar-refractivity contribution in [2.75, 3.05) is 25.9 Å². The fourth-order valence-electron chi connectivity index (χ4n) is 5.29. The van der Waals surface area contributed by atoms with Crippen LogP contribution in [0.3, 0.4) is 0 Å². The van der Waals surface area contributed by atoms with Gasteiger partial charge in [0, 0.05) is 12.3 Å². The van der Waals surface area contributed by atoms with Gasteiger partial charge in [-0.3, -0.25) is 4.79 Å². The second kappa shape index (κ2) is 7.64. The molecule has 1 heterocycles. The average Bonchev–Trinajstić information content (AvgIpc) is 3.22. The summed E-state index contributed by atoms with van der Waals surface area (Å²) in [4.78, 5) is 14.9. The van der Waals surface area contributed by atoms with Gasteiger partial charge in [0.25, 0.3) is 5.91 Å². The highest BCUT2D eigenvalue weighted by Gasteiger charge is 2.26. The molecule has 0 radical (unpaired) electrons. The topological polar surface area (TPSA) is 75.8 Å². The summed E-state index contributed by atoms with van der Waals surface area (Å²) >= 11 is 0. The predicted molar refractivity (Wildman–Crippen MR) is 109 cm³/mol. The largest absolute Gasteiger partial charge is 0.306 e. The number of fused-ring (bicyclic) bond motifs is 2. The zero-order valence-corrected chi connectivity index (χ0v) is 17.2. The van der Waals surface area contributed by atoms with E-state index < -0.39 is 9.92 Å². The van der Waals surface area contributed by atoms with Crippen LogP contribution in [0.25, 0.3) is 0 Å². The number of carbonyl (C=O) groups is 1. The maximum Gasteiger partial charge on any atom is 0.259 e. The number of carbonyl (C=O) groups excluding carboxylic acids is 1. The smallest absolute Gasteiger partial charge is 0.259 e. The van der Waals surface area contributed by atoms with E-state index in [2.05, 4.69) is 22.4 Å². The van der Waals surface area contributed by atoms with E-state index in [4.69, 9.17) is 5.14 Å². The first-order valence-corrected chi connectivity index (χ1v) is 12.1. The molecule has 2 unspecified atom stereocenters. The van der Waals surface area contributed by atoms with Crippen LogP contribution in [0.4, 0.5) is 0 Å². The van der Waals surface area contributed by atoms with Gasteiger partial charge in [0.05, 0.1) is 6.42 Å². The lowest BCUT2D eigenvalue weighted by Gasteiger charge is -2.29. The molecular formula is C21H31N3O2S. The SMILES string of the molecule is CN1CCCC(CS(N)(=O)=NC(=O)Cc2c3c(cc4c2CCC4)CCC3)C1. The number of likely N-dealkylation sites (tertiary alicyclic amines) is 1. The number of nitrogens with two attached hydrogens (primary N) is 1. The van der Waals surface area contributed by atoms with Crippen molar-refractivity contribution in [2.45, 2.75) is 57.8 Å². The van der Waals surface area contributed by atoms with Gasteiger partial charge in [-0.2, -0.15) is 0 Å². The standard InChI is InChI=1S/C21H31N3O2S/c1-24-10-4-5-15(13-24)14-27(22,26)23-21(25)12-20-18-8-2-6-16(18)11-17-7-3-9-19(17)20/h11,15H,2-10,12-14H2,1H3,(H2,22,23,25,26). The molecule has 5 nitrogen and oxygen atoms in total. The van der Waals surface area contributed by atoms with Crippen molar-refractivity contribution < 1.29 is 9.00 Å². The molecule has 2 N–H and O–H groups in total. The minimum Gasteiger partial charge on any atom is -0.306 e. The molecule has 6 heteroatoms. The number of rotatable bonds is 4. The molecule has 1 aromatic carbocycles. The number of aryl methyl sites for hydroxylation is 2. The monoisotopic (exact) mass is 389 g/mol. The molecule has 0 saturated carbocycles. The van der Waals surface area contributed by atoms with E-state index in [0.717, 1.165) is 51.6 Å². The summed E-state index contributed by atoms with van der Waals surface area (Å²) < 4.78 is 16.8. The van der Waals surface area contributed by atoms with E-state index in [1.54, 1.807) is 0 Å². The predicted octanol–water partition coefficient (Wildman–Crippen LogP) is 2.42. The van der Waals surface area contributed by atoms with Crippen LogP contribution in [0, 0.1) is 5.92 Å². The molecule has 2 aliphatic carbocycles.